The van der Waals surface area contributed by atoms with Crippen molar-refractivity contribution in [3.05, 3.63) is 64.6 Å². The summed E-state index contributed by atoms with van der Waals surface area (Å²) in [6.45, 7) is 4.42. The topological polar surface area (TPSA) is 96.9 Å². The molecule has 0 saturated carbocycles. The van der Waals surface area contributed by atoms with Crippen molar-refractivity contribution in [1.82, 2.24) is 19.7 Å². The zero-order valence-electron chi connectivity index (χ0n) is 18.1. The third-order valence-corrected chi connectivity index (χ3v) is 5.05. The Morgan fingerprint density at radius 1 is 1.16 bits per heavy atom. The van der Waals surface area contributed by atoms with E-state index in [2.05, 4.69) is 25.7 Å². The molecule has 8 nitrogen and oxygen atoms in total. The molecule has 0 spiro atoms. The van der Waals surface area contributed by atoms with Gasteiger partial charge in [0.2, 0.25) is 0 Å². The highest BCUT2D eigenvalue weighted by atomic mass is 32.1. The molecular weight excluding hydrogens is 424 g/mol. The van der Waals surface area contributed by atoms with Gasteiger partial charge in [0, 0.05) is 18.4 Å². The van der Waals surface area contributed by atoms with Gasteiger partial charge in [0.1, 0.15) is 17.1 Å². The Bertz CT molecular complexity index is 1330. The van der Waals surface area contributed by atoms with Crippen molar-refractivity contribution in [2.24, 2.45) is 7.05 Å². The number of nitrogens with zero attached hydrogens (tertiary/aromatic N) is 3. The summed E-state index contributed by atoms with van der Waals surface area (Å²) in [6.07, 6.45) is 0.856. The molecule has 2 aromatic carbocycles. The van der Waals surface area contributed by atoms with Crippen LogP contribution < -0.4 is 20.9 Å². The maximum Gasteiger partial charge on any atom is 0.277 e. The minimum absolute atomic E-state index is 0.255. The minimum atomic E-state index is -0.255. The van der Waals surface area contributed by atoms with Gasteiger partial charge in [0.05, 0.1) is 17.9 Å². The Morgan fingerprint density at radius 3 is 2.66 bits per heavy atom. The van der Waals surface area contributed by atoms with Crippen molar-refractivity contribution in [2.75, 3.05) is 17.2 Å². The Labute approximate surface area is 190 Å². The molecule has 164 valence electrons. The molecule has 3 N–H and O–H groups in total. The standard InChI is InChI=1S/C23H24N6O2S/c1-4-12-31-18-11-10-16(25-23(32)24-15-8-6-5-7-9-15)13-17(18)21-26-19-14(2)28-29(3)20(19)22(30)27-21/h5-11,13H,4,12H2,1-3H3,(H2,24,25,32)(H,26,27,30). The fourth-order valence-corrected chi connectivity index (χ4v) is 3.65. The van der Waals surface area contributed by atoms with E-state index in [-0.39, 0.29) is 5.56 Å². The van der Waals surface area contributed by atoms with Crippen LogP contribution in [-0.2, 0) is 7.05 Å². The molecule has 0 fully saturated rings. The van der Waals surface area contributed by atoms with Crippen LogP contribution in [0.1, 0.15) is 19.0 Å². The molecule has 32 heavy (non-hydrogen) atoms. The SMILES string of the molecule is CCCOc1ccc(NC(=S)Nc2ccccc2)cc1-c1nc2c(C)nn(C)c2c(=O)[nH]1. The normalized spacial score (nSPS) is 10.8. The fraction of sp³-hybridized carbons (Fsp3) is 0.217. The molecule has 0 atom stereocenters. The number of ether oxygens (including phenoxy) is 1. The summed E-state index contributed by atoms with van der Waals surface area (Å²) < 4.78 is 7.47. The molecular formula is C23H24N6O2S. The fourth-order valence-electron chi connectivity index (χ4n) is 3.41. The highest BCUT2D eigenvalue weighted by Gasteiger charge is 2.16. The largest absolute Gasteiger partial charge is 0.493 e. The van der Waals surface area contributed by atoms with Gasteiger partial charge >= 0.3 is 0 Å². The Hall–Kier alpha value is -3.72. The Kier molecular flexibility index (Phi) is 6.18. The van der Waals surface area contributed by atoms with Gasteiger partial charge in [-0.15, -0.1) is 0 Å². The van der Waals surface area contributed by atoms with E-state index in [0.717, 1.165) is 17.8 Å². The predicted octanol–water partition coefficient (Wildman–Crippen LogP) is 4.23. The van der Waals surface area contributed by atoms with Gasteiger partial charge in [-0.2, -0.15) is 5.10 Å². The number of benzene rings is 2. The number of aryl methyl sites for hydroxylation is 2. The highest BCUT2D eigenvalue weighted by Crippen LogP contribution is 2.31. The van der Waals surface area contributed by atoms with Gasteiger partial charge in [0.15, 0.2) is 10.6 Å². The van der Waals surface area contributed by atoms with Crippen LogP contribution in [0.25, 0.3) is 22.4 Å². The quantitative estimate of drug-likeness (QED) is 0.380. The van der Waals surface area contributed by atoms with Gasteiger partial charge in [0.25, 0.3) is 5.56 Å². The summed E-state index contributed by atoms with van der Waals surface area (Å²) in [5, 5.41) is 11.1. The van der Waals surface area contributed by atoms with Gasteiger partial charge in [-0.05, 0) is 55.9 Å². The van der Waals surface area contributed by atoms with E-state index >= 15 is 0 Å². The number of hydrogen-bond donors (Lipinski definition) is 3. The third-order valence-electron chi connectivity index (χ3n) is 4.85. The van der Waals surface area contributed by atoms with Crippen LogP contribution in [0, 0.1) is 6.92 Å². The number of aromatic amines is 1. The van der Waals surface area contributed by atoms with Crippen molar-refractivity contribution in [3.63, 3.8) is 0 Å². The van der Waals surface area contributed by atoms with Crippen LogP contribution >= 0.6 is 12.2 Å². The number of aromatic nitrogens is 4. The Balaban J connectivity index is 1.71. The highest BCUT2D eigenvalue weighted by molar-refractivity contribution is 7.80. The van der Waals surface area contributed by atoms with E-state index in [0.29, 0.717) is 45.6 Å². The van der Waals surface area contributed by atoms with E-state index in [1.165, 1.54) is 0 Å². The second-order valence-corrected chi connectivity index (χ2v) is 7.73. The monoisotopic (exact) mass is 448 g/mol. The average molecular weight is 449 g/mol. The zero-order valence-corrected chi connectivity index (χ0v) is 18.9. The summed E-state index contributed by atoms with van der Waals surface area (Å²) in [5.74, 6) is 1.04. The van der Waals surface area contributed by atoms with Crippen molar-refractivity contribution < 1.29 is 4.74 Å². The molecule has 4 rings (SSSR count). The molecule has 0 saturated heterocycles. The van der Waals surface area contributed by atoms with Gasteiger partial charge < -0.3 is 20.4 Å². The first-order chi connectivity index (χ1) is 15.5. The molecule has 0 aliphatic heterocycles. The van der Waals surface area contributed by atoms with E-state index in [1.54, 1.807) is 11.7 Å². The van der Waals surface area contributed by atoms with Crippen LogP contribution in [0.5, 0.6) is 5.75 Å². The van der Waals surface area contributed by atoms with Crippen molar-refractivity contribution in [1.29, 1.82) is 0 Å². The maximum absolute atomic E-state index is 12.8. The summed E-state index contributed by atoms with van der Waals surface area (Å²) in [6, 6.07) is 15.3. The smallest absolute Gasteiger partial charge is 0.277 e. The predicted molar refractivity (Wildman–Crippen MR) is 131 cm³/mol. The van der Waals surface area contributed by atoms with E-state index in [1.807, 2.05) is 62.4 Å². The second-order valence-electron chi connectivity index (χ2n) is 7.33. The lowest BCUT2D eigenvalue weighted by atomic mass is 10.1. The van der Waals surface area contributed by atoms with E-state index in [9.17, 15) is 4.79 Å². The Morgan fingerprint density at radius 2 is 1.91 bits per heavy atom. The zero-order chi connectivity index (χ0) is 22.7. The second kappa shape index (κ2) is 9.19. The van der Waals surface area contributed by atoms with Crippen molar-refractivity contribution in [3.8, 4) is 17.1 Å². The maximum atomic E-state index is 12.8. The molecule has 4 aromatic rings. The molecule has 0 bridgehead atoms. The van der Waals surface area contributed by atoms with Crippen LogP contribution in [-0.4, -0.2) is 31.5 Å². The summed E-state index contributed by atoms with van der Waals surface area (Å²) in [7, 11) is 1.73. The minimum Gasteiger partial charge on any atom is -0.493 e. The third kappa shape index (κ3) is 4.47. The molecule has 0 aliphatic carbocycles. The summed E-state index contributed by atoms with van der Waals surface area (Å²) in [5.41, 5.74) is 3.72. The molecule has 0 amide bonds. The molecule has 0 unspecified atom stereocenters. The van der Waals surface area contributed by atoms with Crippen LogP contribution in [0.2, 0.25) is 0 Å². The van der Waals surface area contributed by atoms with Crippen LogP contribution in [0.4, 0.5) is 11.4 Å². The van der Waals surface area contributed by atoms with Crippen LogP contribution in [0.15, 0.2) is 53.3 Å². The average Bonchev–Trinajstić information content (AvgIpc) is 3.07. The number of rotatable bonds is 6. The van der Waals surface area contributed by atoms with E-state index < -0.39 is 0 Å². The lowest BCUT2D eigenvalue weighted by molar-refractivity contribution is 0.318. The first-order valence-corrected chi connectivity index (χ1v) is 10.7. The molecule has 2 heterocycles. The van der Waals surface area contributed by atoms with Crippen molar-refractivity contribution in [2.45, 2.75) is 20.3 Å². The summed E-state index contributed by atoms with van der Waals surface area (Å²) >= 11 is 5.45. The molecule has 0 radical (unpaired) electrons. The molecule has 9 heteroatoms. The van der Waals surface area contributed by atoms with Gasteiger partial charge in [-0.3, -0.25) is 9.48 Å². The van der Waals surface area contributed by atoms with Gasteiger partial charge in [-0.25, -0.2) is 4.98 Å². The van der Waals surface area contributed by atoms with E-state index in [4.69, 9.17) is 17.0 Å². The summed E-state index contributed by atoms with van der Waals surface area (Å²) in [4.78, 5) is 20.3. The first-order valence-electron chi connectivity index (χ1n) is 10.3. The number of fused-ring (bicyclic) bond motifs is 1. The number of nitrogens with one attached hydrogen (secondary N) is 3. The number of hydrogen-bond acceptors (Lipinski definition) is 5. The van der Waals surface area contributed by atoms with Gasteiger partial charge in [-0.1, -0.05) is 25.1 Å². The van der Waals surface area contributed by atoms with Crippen LogP contribution in [0.3, 0.4) is 0 Å². The lowest BCUT2D eigenvalue weighted by Crippen LogP contribution is -2.19. The number of H-pyrrole nitrogens is 1. The lowest BCUT2D eigenvalue weighted by Gasteiger charge is -2.15. The first kappa shape index (κ1) is 21.5. The number of anilines is 2. The number of thiocarbonyl (C=S) groups is 1. The molecule has 2 aromatic heterocycles. The van der Waals surface area contributed by atoms with Crippen molar-refractivity contribution >= 4 is 39.7 Å². The number of para-hydroxylation sites is 1. The molecule has 0 aliphatic rings.